The lowest BCUT2D eigenvalue weighted by atomic mass is 9.96. The van der Waals surface area contributed by atoms with Crippen LogP contribution in [0, 0.1) is 0 Å². The van der Waals surface area contributed by atoms with Crippen molar-refractivity contribution in [3.63, 3.8) is 0 Å². The van der Waals surface area contributed by atoms with Gasteiger partial charge in [0.2, 0.25) is 0 Å². The highest BCUT2D eigenvalue weighted by atomic mass is 79.9. The van der Waals surface area contributed by atoms with E-state index in [1.165, 1.54) is 0 Å². The number of nitrogens with zero attached hydrogens (tertiary/aromatic N) is 2. The van der Waals surface area contributed by atoms with E-state index in [1.807, 2.05) is 6.92 Å². The normalized spacial score (nSPS) is 11.8. The minimum absolute atomic E-state index is 0.418. The van der Waals surface area contributed by atoms with Gasteiger partial charge in [-0.15, -0.1) is 0 Å². The molecule has 16 heavy (non-hydrogen) atoms. The molecule has 1 aromatic rings. The van der Waals surface area contributed by atoms with Crippen LogP contribution in [0.5, 0.6) is 0 Å². The van der Waals surface area contributed by atoms with E-state index >= 15 is 0 Å². The molecule has 0 radical (unpaired) electrons. The lowest BCUT2D eigenvalue weighted by Crippen LogP contribution is -2.30. The molecule has 0 unspecified atom stereocenters. The number of hydrogen-bond acceptors (Lipinski definition) is 3. The van der Waals surface area contributed by atoms with Crippen LogP contribution in [-0.2, 0) is 10.3 Å². The third-order valence-corrected chi connectivity index (χ3v) is 3.77. The first-order chi connectivity index (χ1) is 7.59. The van der Waals surface area contributed by atoms with E-state index in [9.17, 15) is 0 Å². The van der Waals surface area contributed by atoms with Crippen molar-refractivity contribution in [3.8, 4) is 0 Å². The summed E-state index contributed by atoms with van der Waals surface area (Å²) in [7, 11) is 0. The van der Waals surface area contributed by atoms with Crippen molar-refractivity contribution in [3.05, 3.63) is 21.6 Å². The van der Waals surface area contributed by atoms with Gasteiger partial charge < -0.3 is 4.74 Å². The summed E-state index contributed by atoms with van der Waals surface area (Å²) in [6.45, 7) is 6.75. The fraction of sp³-hybridized carbons (Fsp3) is 0.636. The fourth-order valence-electron chi connectivity index (χ4n) is 1.68. The first-order valence-electron chi connectivity index (χ1n) is 5.42. The summed E-state index contributed by atoms with van der Waals surface area (Å²) in [5.74, 6) is 0.660. The molecule has 1 aromatic heterocycles. The molecule has 0 aliphatic carbocycles. The maximum absolute atomic E-state index is 5.98. The zero-order chi connectivity index (χ0) is 12.2. The minimum atomic E-state index is -0.418. The van der Waals surface area contributed by atoms with Crippen LogP contribution in [0.3, 0.4) is 0 Å². The number of aromatic nitrogens is 2. The largest absolute Gasteiger partial charge is 0.367 e. The average Bonchev–Trinajstić information content (AvgIpc) is 2.30. The van der Waals surface area contributed by atoms with Crippen molar-refractivity contribution >= 4 is 27.5 Å². The third kappa shape index (κ3) is 2.73. The monoisotopic (exact) mass is 306 g/mol. The molecule has 3 nitrogen and oxygen atoms in total. The molecule has 1 rings (SSSR count). The Balaban J connectivity index is 3.14. The van der Waals surface area contributed by atoms with Gasteiger partial charge in [-0.25, -0.2) is 9.97 Å². The molecule has 0 N–H and O–H groups in total. The first kappa shape index (κ1) is 13.9. The Kier molecular flexibility index (Phi) is 5.15. The smallest absolute Gasteiger partial charge is 0.161 e. The molecule has 90 valence electrons. The Hall–Kier alpha value is -0.190. The quantitative estimate of drug-likeness (QED) is 0.773. The second kappa shape index (κ2) is 5.94. The molecule has 0 spiro atoms. The van der Waals surface area contributed by atoms with Gasteiger partial charge in [0, 0.05) is 12.8 Å². The predicted octanol–water partition coefficient (Wildman–Crippen LogP) is 3.94. The van der Waals surface area contributed by atoms with Crippen LogP contribution in [0.25, 0.3) is 0 Å². The van der Waals surface area contributed by atoms with Crippen LogP contribution in [-0.4, -0.2) is 16.6 Å². The van der Waals surface area contributed by atoms with Gasteiger partial charge in [-0.05, 0) is 35.7 Å². The number of hydrogen-bond donors (Lipinski definition) is 0. The molecule has 5 heteroatoms. The summed E-state index contributed by atoms with van der Waals surface area (Å²) < 4.78 is 6.51. The van der Waals surface area contributed by atoms with Crippen molar-refractivity contribution in [2.45, 2.75) is 39.2 Å². The molecular weight excluding hydrogens is 291 g/mol. The second-order valence-electron chi connectivity index (χ2n) is 3.47. The highest BCUT2D eigenvalue weighted by Crippen LogP contribution is 2.32. The van der Waals surface area contributed by atoms with Crippen LogP contribution in [0.4, 0.5) is 0 Å². The summed E-state index contributed by atoms with van der Waals surface area (Å²) in [4.78, 5) is 8.59. The standard InChI is InChI=1S/C11H16BrClN2O/c1-4-11(5-2,16-6-3)10-14-7-8(12)9(13)15-10/h7H,4-6H2,1-3H3. The summed E-state index contributed by atoms with van der Waals surface area (Å²) in [6.07, 6.45) is 3.33. The predicted molar refractivity (Wildman–Crippen MR) is 68.6 cm³/mol. The SMILES string of the molecule is CCOC(CC)(CC)c1ncc(Br)c(Cl)n1. The Morgan fingerprint density at radius 2 is 2.00 bits per heavy atom. The molecule has 0 aliphatic rings. The van der Waals surface area contributed by atoms with Crippen LogP contribution in [0.1, 0.15) is 39.4 Å². The highest BCUT2D eigenvalue weighted by molar-refractivity contribution is 9.10. The topological polar surface area (TPSA) is 35.0 Å². The Morgan fingerprint density at radius 3 is 2.44 bits per heavy atom. The number of halogens is 2. The lowest BCUT2D eigenvalue weighted by Gasteiger charge is -2.29. The average molecular weight is 308 g/mol. The van der Waals surface area contributed by atoms with Crippen LogP contribution >= 0.6 is 27.5 Å². The van der Waals surface area contributed by atoms with E-state index in [-0.39, 0.29) is 0 Å². The van der Waals surface area contributed by atoms with E-state index < -0.39 is 5.60 Å². The Morgan fingerprint density at radius 1 is 1.38 bits per heavy atom. The molecule has 0 bridgehead atoms. The van der Waals surface area contributed by atoms with E-state index in [0.717, 1.165) is 12.8 Å². The Bertz CT molecular complexity index is 356. The molecule has 0 atom stereocenters. The van der Waals surface area contributed by atoms with Crippen molar-refractivity contribution in [1.82, 2.24) is 9.97 Å². The molecule has 0 saturated carbocycles. The molecule has 0 fully saturated rings. The van der Waals surface area contributed by atoms with Crippen LogP contribution in [0.15, 0.2) is 10.7 Å². The lowest BCUT2D eigenvalue weighted by molar-refractivity contribution is -0.0571. The van der Waals surface area contributed by atoms with Gasteiger partial charge >= 0.3 is 0 Å². The van der Waals surface area contributed by atoms with Crippen LogP contribution < -0.4 is 0 Å². The van der Waals surface area contributed by atoms with Gasteiger partial charge in [-0.3, -0.25) is 0 Å². The van der Waals surface area contributed by atoms with E-state index in [1.54, 1.807) is 6.20 Å². The second-order valence-corrected chi connectivity index (χ2v) is 4.68. The number of ether oxygens (including phenoxy) is 1. The van der Waals surface area contributed by atoms with Crippen molar-refractivity contribution in [1.29, 1.82) is 0 Å². The molecule has 0 aliphatic heterocycles. The van der Waals surface area contributed by atoms with Gasteiger partial charge in [-0.2, -0.15) is 0 Å². The first-order valence-corrected chi connectivity index (χ1v) is 6.59. The van der Waals surface area contributed by atoms with E-state index in [2.05, 4.69) is 39.7 Å². The molecule has 0 amide bonds. The van der Waals surface area contributed by atoms with Crippen LogP contribution in [0.2, 0.25) is 5.15 Å². The molecule has 0 aromatic carbocycles. The highest BCUT2D eigenvalue weighted by Gasteiger charge is 2.32. The summed E-state index contributed by atoms with van der Waals surface area (Å²) in [5, 5.41) is 0.427. The van der Waals surface area contributed by atoms with Gasteiger partial charge in [0.05, 0.1) is 4.47 Å². The third-order valence-electron chi connectivity index (χ3n) is 2.67. The Labute approximate surface area is 110 Å². The van der Waals surface area contributed by atoms with E-state index in [4.69, 9.17) is 16.3 Å². The zero-order valence-electron chi connectivity index (χ0n) is 9.76. The van der Waals surface area contributed by atoms with Gasteiger partial charge in [0.1, 0.15) is 10.8 Å². The molecule has 1 heterocycles. The maximum Gasteiger partial charge on any atom is 0.161 e. The van der Waals surface area contributed by atoms with Gasteiger partial charge in [0.25, 0.3) is 0 Å². The number of rotatable bonds is 5. The van der Waals surface area contributed by atoms with Gasteiger partial charge in [0.15, 0.2) is 5.82 Å². The molecule has 0 saturated heterocycles. The van der Waals surface area contributed by atoms with Gasteiger partial charge in [-0.1, -0.05) is 25.4 Å². The summed E-state index contributed by atoms with van der Waals surface area (Å²) in [6, 6.07) is 0. The summed E-state index contributed by atoms with van der Waals surface area (Å²) in [5.41, 5.74) is -0.418. The van der Waals surface area contributed by atoms with E-state index in [0.29, 0.717) is 22.1 Å². The fourth-order valence-corrected chi connectivity index (χ4v) is 2.00. The van der Waals surface area contributed by atoms with Crippen molar-refractivity contribution < 1.29 is 4.74 Å². The zero-order valence-corrected chi connectivity index (χ0v) is 12.1. The van der Waals surface area contributed by atoms with Crippen molar-refractivity contribution in [2.75, 3.05) is 6.61 Å². The summed E-state index contributed by atoms with van der Waals surface area (Å²) >= 11 is 9.26. The van der Waals surface area contributed by atoms with Crippen molar-refractivity contribution in [2.24, 2.45) is 0 Å². The minimum Gasteiger partial charge on any atom is -0.367 e. The molecular formula is C11H16BrClN2O. The maximum atomic E-state index is 5.98.